The van der Waals surface area contributed by atoms with Gasteiger partial charge in [-0.3, -0.25) is 4.79 Å². The fourth-order valence-corrected chi connectivity index (χ4v) is 3.74. The van der Waals surface area contributed by atoms with Crippen molar-refractivity contribution in [2.75, 3.05) is 7.11 Å². The van der Waals surface area contributed by atoms with Gasteiger partial charge in [-0.25, -0.2) is 4.79 Å². The fraction of sp³-hybridized carbons (Fsp3) is 0.120. The summed E-state index contributed by atoms with van der Waals surface area (Å²) in [6.45, 7) is 0. The summed E-state index contributed by atoms with van der Waals surface area (Å²) in [5.41, 5.74) is 0.798. The Kier molecular flexibility index (Phi) is 5.78. The van der Waals surface area contributed by atoms with E-state index in [4.69, 9.17) is 20.8 Å². The summed E-state index contributed by atoms with van der Waals surface area (Å²) in [6, 6.07) is 20.3. The van der Waals surface area contributed by atoms with Crippen molar-refractivity contribution in [3.63, 3.8) is 0 Å². The highest BCUT2D eigenvalue weighted by molar-refractivity contribution is 6.30. The Morgan fingerprint density at radius 2 is 1.71 bits per heavy atom. The predicted molar refractivity (Wildman–Crippen MR) is 119 cm³/mol. The molecule has 1 atom stereocenters. The van der Waals surface area contributed by atoms with Crippen LogP contribution in [0.25, 0.3) is 11.0 Å². The average Bonchev–Trinajstić information content (AvgIpc) is 2.79. The summed E-state index contributed by atoms with van der Waals surface area (Å²) in [5, 5.41) is 11.9. The summed E-state index contributed by atoms with van der Waals surface area (Å²) < 4.78 is 10.7. The molecule has 6 heteroatoms. The van der Waals surface area contributed by atoms with Gasteiger partial charge in [0, 0.05) is 22.9 Å². The minimum absolute atomic E-state index is 0.0371. The van der Waals surface area contributed by atoms with Gasteiger partial charge in [-0.05, 0) is 54.1 Å². The second-order valence-corrected chi connectivity index (χ2v) is 7.54. The fourth-order valence-electron chi connectivity index (χ4n) is 3.62. The van der Waals surface area contributed by atoms with Gasteiger partial charge < -0.3 is 14.3 Å². The smallest absolute Gasteiger partial charge is 0.343 e. The van der Waals surface area contributed by atoms with Crippen LogP contribution in [0, 0.1) is 0 Å². The summed E-state index contributed by atoms with van der Waals surface area (Å²) in [7, 11) is 1.56. The lowest BCUT2D eigenvalue weighted by atomic mass is 9.85. The lowest BCUT2D eigenvalue weighted by molar-refractivity contribution is 0.0977. The molecule has 3 aromatic carbocycles. The average molecular weight is 435 g/mol. The molecular formula is C25H19ClO5. The molecule has 1 N–H and O–H groups in total. The van der Waals surface area contributed by atoms with Crippen LogP contribution in [0.5, 0.6) is 11.5 Å². The number of benzene rings is 3. The molecule has 4 aromatic rings. The van der Waals surface area contributed by atoms with E-state index in [-0.39, 0.29) is 29.1 Å². The van der Waals surface area contributed by atoms with E-state index in [1.165, 1.54) is 0 Å². The molecule has 156 valence electrons. The minimum Gasteiger partial charge on any atom is -0.507 e. The summed E-state index contributed by atoms with van der Waals surface area (Å²) in [4.78, 5) is 25.9. The van der Waals surface area contributed by atoms with Crippen LogP contribution >= 0.6 is 11.6 Å². The van der Waals surface area contributed by atoms with E-state index >= 15 is 0 Å². The van der Waals surface area contributed by atoms with E-state index in [2.05, 4.69) is 0 Å². The minimum atomic E-state index is -0.713. The van der Waals surface area contributed by atoms with Gasteiger partial charge in [-0.15, -0.1) is 0 Å². The number of halogens is 1. The van der Waals surface area contributed by atoms with Crippen molar-refractivity contribution < 1.29 is 19.1 Å². The van der Waals surface area contributed by atoms with Crippen LogP contribution in [-0.4, -0.2) is 18.0 Å². The molecule has 0 radical (unpaired) electrons. The molecule has 0 saturated carbocycles. The number of rotatable bonds is 6. The standard InChI is InChI=1S/C25H19ClO5/c1-30-18-12-8-15(9-13-18)20(14-21(27)16-6-10-17(26)11-7-16)23-24(28)19-4-2-3-5-22(19)31-25(23)29/h2-13,20,28H,14H2,1H3. The Morgan fingerprint density at radius 1 is 1.03 bits per heavy atom. The first-order valence-electron chi connectivity index (χ1n) is 9.65. The van der Waals surface area contributed by atoms with Crippen LogP contribution in [-0.2, 0) is 0 Å². The number of para-hydroxylation sites is 1. The molecule has 0 fully saturated rings. The monoisotopic (exact) mass is 434 g/mol. The number of hydrogen-bond donors (Lipinski definition) is 1. The maximum absolute atomic E-state index is 13.0. The van der Waals surface area contributed by atoms with Gasteiger partial charge in [-0.2, -0.15) is 0 Å². The highest BCUT2D eigenvalue weighted by atomic mass is 35.5. The lowest BCUT2D eigenvalue weighted by Gasteiger charge is -2.18. The Labute approximate surface area is 183 Å². The van der Waals surface area contributed by atoms with Crippen molar-refractivity contribution in [3.8, 4) is 11.5 Å². The van der Waals surface area contributed by atoms with Crippen molar-refractivity contribution in [3.05, 3.63) is 105 Å². The Hall–Kier alpha value is -3.57. The van der Waals surface area contributed by atoms with Crippen LogP contribution in [0.4, 0.5) is 0 Å². The second-order valence-electron chi connectivity index (χ2n) is 7.11. The number of methoxy groups -OCH3 is 1. The van der Waals surface area contributed by atoms with Crippen LogP contribution < -0.4 is 10.4 Å². The maximum Gasteiger partial charge on any atom is 0.343 e. The number of carbonyl (C=O) groups is 1. The van der Waals surface area contributed by atoms with Gasteiger partial charge in [0.05, 0.1) is 18.1 Å². The summed E-state index contributed by atoms with van der Waals surface area (Å²) in [5.74, 6) is -0.447. The molecule has 0 aliphatic heterocycles. The highest BCUT2D eigenvalue weighted by Crippen LogP contribution is 2.37. The van der Waals surface area contributed by atoms with Crippen LogP contribution in [0.15, 0.2) is 82.0 Å². The zero-order valence-corrected chi connectivity index (χ0v) is 17.4. The predicted octanol–water partition coefficient (Wildman–Crippen LogP) is 5.57. The summed E-state index contributed by atoms with van der Waals surface area (Å²) >= 11 is 5.93. The second kappa shape index (κ2) is 8.66. The first-order chi connectivity index (χ1) is 15.0. The Balaban J connectivity index is 1.84. The molecule has 0 bridgehead atoms. The third-order valence-corrected chi connectivity index (χ3v) is 5.49. The number of ether oxygens (including phenoxy) is 1. The van der Waals surface area contributed by atoms with Gasteiger partial charge in [0.25, 0.3) is 0 Å². The zero-order valence-electron chi connectivity index (χ0n) is 16.7. The molecule has 31 heavy (non-hydrogen) atoms. The molecular weight excluding hydrogens is 416 g/mol. The zero-order chi connectivity index (χ0) is 22.0. The molecule has 0 saturated heterocycles. The first kappa shape index (κ1) is 20.7. The molecule has 5 nitrogen and oxygen atoms in total. The number of fused-ring (bicyclic) bond motifs is 1. The molecule has 1 aromatic heterocycles. The summed E-state index contributed by atoms with van der Waals surface area (Å²) in [6.07, 6.45) is -0.0371. The van der Waals surface area contributed by atoms with Crippen molar-refractivity contribution in [1.82, 2.24) is 0 Å². The number of aromatic hydroxyl groups is 1. The van der Waals surface area contributed by atoms with E-state index < -0.39 is 11.5 Å². The van der Waals surface area contributed by atoms with Crippen LogP contribution in [0.2, 0.25) is 5.02 Å². The first-order valence-corrected chi connectivity index (χ1v) is 10.0. The van der Waals surface area contributed by atoms with E-state index in [1.807, 2.05) is 0 Å². The molecule has 0 spiro atoms. The van der Waals surface area contributed by atoms with Gasteiger partial charge in [0.1, 0.15) is 17.1 Å². The van der Waals surface area contributed by atoms with Crippen molar-refractivity contribution >= 4 is 28.4 Å². The van der Waals surface area contributed by atoms with Gasteiger partial charge in [0.2, 0.25) is 0 Å². The molecule has 0 aliphatic rings. The number of ketones is 1. The molecule has 0 aliphatic carbocycles. The van der Waals surface area contributed by atoms with Crippen molar-refractivity contribution in [2.45, 2.75) is 12.3 Å². The topological polar surface area (TPSA) is 76.7 Å². The molecule has 1 unspecified atom stereocenters. The maximum atomic E-state index is 13.0. The number of Topliss-reactive ketones (excluding diaryl/α,β-unsaturated/α-hetero) is 1. The van der Waals surface area contributed by atoms with E-state index in [1.54, 1.807) is 79.9 Å². The SMILES string of the molecule is COc1ccc(C(CC(=O)c2ccc(Cl)cc2)c2c(O)c3ccccc3oc2=O)cc1. The van der Waals surface area contributed by atoms with Gasteiger partial charge >= 0.3 is 5.63 Å². The third kappa shape index (κ3) is 4.18. The number of carbonyl (C=O) groups excluding carboxylic acids is 1. The molecule has 1 heterocycles. The van der Waals surface area contributed by atoms with E-state index in [0.29, 0.717) is 27.3 Å². The normalized spacial score (nSPS) is 11.9. The van der Waals surface area contributed by atoms with Crippen LogP contribution in [0.1, 0.15) is 33.8 Å². The quantitative estimate of drug-likeness (QED) is 0.317. The van der Waals surface area contributed by atoms with Gasteiger partial charge in [0.15, 0.2) is 5.78 Å². The Bertz CT molecular complexity index is 1290. The largest absolute Gasteiger partial charge is 0.507 e. The third-order valence-electron chi connectivity index (χ3n) is 5.24. The van der Waals surface area contributed by atoms with Crippen molar-refractivity contribution in [2.24, 2.45) is 0 Å². The highest BCUT2D eigenvalue weighted by Gasteiger charge is 2.27. The number of hydrogen-bond acceptors (Lipinski definition) is 5. The van der Waals surface area contributed by atoms with Crippen molar-refractivity contribution in [1.29, 1.82) is 0 Å². The molecule has 4 rings (SSSR count). The molecule has 0 amide bonds. The van der Waals surface area contributed by atoms with E-state index in [9.17, 15) is 14.7 Å². The van der Waals surface area contributed by atoms with Gasteiger partial charge in [-0.1, -0.05) is 35.9 Å². The lowest BCUT2D eigenvalue weighted by Crippen LogP contribution is -2.17. The van der Waals surface area contributed by atoms with E-state index in [0.717, 1.165) is 0 Å². The Morgan fingerprint density at radius 3 is 2.39 bits per heavy atom. The van der Waals surface area contributed by atoms with Crippen LogP contribution in [0.3, 0.4) is 0 Å².